The standard InChI is InChI=1S/C12H12ClF2N3O/c1-6-7(12(13)18(2)17-6)5-19-11-4-8(14)10(16)3-9(11)15/h3-4H,5,16H2,1-2H3. The maximum Gasteiger partial charge on any atom is 0.167 e. The summed E-state index contributed by atoms with van der Waals surface area (Å²) >= 11 is 6.01. The number of nitrogens with two attached hydrogens (primary N) is 1. The van der Waals surface area contributed by atoms with Crippen LogP contribution < -0.4 is 10.5 Å². The van der Waals surface area contributed by atoms with Gasteiger partial charge in [-0.05, 0) is 6.92 Å². The Balaban J connectivity index is 2.21. The van der Waals surface area contributed by atoms with Crippen molar-refractivity contribution in [2.75, 3.05) is 5.73 Å². The number of ether oxygens (including phenoxy) is 1. The molecule has 0 saturated heterocycles. The molecule has 19 heavy (non-hydrogen) atoms. The molecule has 1 heterocycles. The number of rotatable bonds is 3. The van der Waals surface area contributed by atoms with Gasteiger partial charge in [0.1, 0.15) is 17.6 Å². The first-order valence-electron chi connectivity index (χ1n) is 5.45. The average Bonchev–Trinajstić information content (AvgIpc) is 2.57. The molecule has 0 atom stereocenters. The molecule has 2 aromatic rings. The lowest BCUT2D eigenvalue weighted by Crippen LogP contribution is -2.01. The first-order chi connectivity index (χ1) is 8.90. The summed E-state index contributed by atoms with van der Waals surface area (Å²) in [5.41, 5.74) is 6.28. The Labute approximate surface area is 113 Å². The molecule has 0 saturated carbocycles. The van der Waals surface area contributed by atoms with Crippen molar-refractivity contribution in [3.63, 3.8) is 0 Å². The Hall–Kier alpha value is -1.82. The van der Waals surface area contributed by atoms with Gasteiger partial charge in [-0.25, -0.2) is 8.78 Å². The molecular weight excluding hydrogens is 276 g/mol. The van der Waals surface area contributed by atoms with Crippen molar-refractivity contribution in [1.82, 2.24) is 9.78 Å². The third-order valence-electron chi connectivity index (χ3n) is 2.69. The van der Waals surface area contributed by atoms with E-state index in [4.69, 9.17) is 22.1 Å². The van der Waals surface area contributed by atoms with E-state index in [9.17, 15) is 8.78 Å². The zero-order valence-corrected chi connectivity index (χ0v) is 11.1. The summed E-state index contributed by atoms with van der Waals surface area (Å²) in [5, 5.41) is 4.49. The van der Waals surface area contributed by atoms with E-state index in [1.54, 1.807) is 14.0 Å². The molecule has 0 radical (unpaired) electrons. The molecule has 1 aromatic heterocycles. The number of anilines is 1. The second-order valence-electron chi connectivity index (χ2n) is 4.07. The van der Waals surface area contributed by atoms with Gasteiger partial charge in [0, 0.05) is 24.7 Å². The van der Waals surface area contributed by atoms with Crippen LogP contribution in [0.3, 0.4) is 0 Å². The van der Waals surface area contributed by atoms with E-state index in [2.05, 4.69) is 5.10 Å². The zero-order valence-electron chi connectivity index (χ0n) is 10.4. The van der Waals surface area contributed by atoms with Crippen molar-refractivity contribution in [2.45, 2.75) is 13.5 Å². The monoisotopic (exact) mass is 287 g/mol. The average molecular weight is 288 g/mol. The third kappa shape index (κ3) is 2.63. The summed E-state index contributed by atoms with van der Waals surface area (Å²) in [7, 11) is 1.68. The number of hydrogen-bond acceptors (Lipinski definition) is 3. The maximum atomic E-state index is 13.5. The summed E-state index contributed by atoms with van der Waals surface area (Å²) in [6.07, 6.45) is 0. The number of aryl methyl sites for hydroxylation is 2. The summed E-state index contributed by atoms with van der Waals surface area (Å²) < 4.78 is 33.5. The van der Waals surface area contributed by atoms with Crippen LogP contribution in [-0.2, 0) is 13.7 Å². The first-order valence-corrected chi connectivity index (χ1v) is 5.83. The van der Waals surface area contributed by atoms with Crippen molar-refractivity contribution in [1.29, 1.82) is 0 Å². The number of halogens is 3. The Kier molecular flexibility index (Phi) is 3.61. The summed E-state index contributed by atoms with van der Waals surface area (Å²) in [6, 6.07) is 1.78. The normalized spacial score (nSPS) is 10.8. The molecule has 2 rings (SSSR count). The largest absolute Gasteiger partial charge is 0.486 e. The van der Waals surface area contributed by atoms with Gasteiger partial charge < -0.3 is 10.5 Å². The van der Waals surface area contributed by atoms with Crippen LogP contribution >= 0.6 is 11.6 Å². The fourth-order valence-corrected chi connectivity index (χ4v) is 1.87. The van der Waals surface area contributed by atoms with E-state index in [0.29, 0.717) is 16.4 Å². The molecule has 0 amide bonds. The molecule has 0 aliphatic carbocycles. The Bertz CT molecular complexity index is 628. The van der Waals surface area contributed by atoms with Crippen molar-refractivity contribution in [3.8, 4) is 5.75 Å². The molecule has 102 valence electrons. The SMILES string of the molecule is Cc1nn(C)c(Cl)c1COc1cc(F)c(N)cc1F. The lowest BCUT2D eigenvalue weighted by Gasteiger charge is -2.08. The van der Waals surface area contributed by atoms with E-state index in [1.807, 2.05) is 0 Å². The highest BCUT2D eigenvalue weighted by Gasteiger charge is 2.14. The van der Waals surface area contributed by atoms with Crippen LogP contribution in [-0.4, -0.2) is 9.78 Å². The molecule has 0 spiro atoms. The van der Waals surface area contributed by atoms with E-state index >= 15 is 0 Å². The first kappa shape index (κ1) is 13.6. The van der Waals surface area contributed by atoms with Gasteiger partial charge in [0.2, 0.25) is 0 Å². The van der Waals surface area contributed by atoms with E-state index in [0.717, 1.165) is 12.1 Å². The van der Waals surface area contributed by atoms with Gasteiger partial charge in [-0.3, -0.25) is 4.68 Å². The fraction of sp³-hybridized carbons (Fsp3) is 0.250. The van der Waals surface area contributed by atoms with Gasteiger partial charge in [0.25, 0.3) is 0 Å². The van der Waals surface area contributed by atoms with Crippen LogP contribution in [0.2, 0.25) is 5.15 Å². The van der Waals surface area contributed by atoms with Crippen molar-refractivity contribution >= 4 is 17.3 Å². The Morgan fingerprint density at radius 3 is 2.63 bits per heavy atom. The van der Waals surface area contributed by atoms with E-state index in [1.165, 1.54) is 4.68 Å². The summed E-state index contributed by atoms with van der Waals surface area (Å²) in [5.74, 6) is -1.67. The van der Waals surface area contributed by atoms with Crippen molar-refractivity contribution in [2.24, 2.45) is 7.05 Å². The number of nitrogens with zero attached hydrogens (tertiary/aromatic N) is 2. The number of nitrogen functional groups attached to an aromatic ring is 1. The molecule has 4 nitrogen and oxygen atoms in total. The van der Waals surface area contributed by atoms with Crippen LogP contribution in [0, 0.1) is 18.6 Å². The quantitative estimate of drug-likeness (QED) is 0.883. The van der Waals surface area contributed by atoms with E-state index < -0.39 is 11.6 Å². The van der Waals surface area contributed by atoms with Gasteiger partial charge in [0.15, 0.2) is 11.6 Å². The van der Waals surface area contributed by atoms with Crippen LogP contribution in [0.15, 0.2) is 12.1 Å². The lowest BCUT2D eigenvalue weighted by atomic mass is 10.2. The molecule has 0 bridgehead atoms. The van der Waals surface area contributed by atoms with Crippen LogP contribution in [0.25, 0.3) is 0 Å². The van der Waals surface area contributed by atoms with Gasteiger partial charge >= 0.3 is 0 Å². The smallest absolute Gasteiger partial charge is 0.167 e. The minimum absolute atomic E-state index is 0.00121. The van der Waals surface area contributed by atoms with Gasteiger partial charge in [0.05, 0.1) is 11.4 Å². The molecule has 0 aliphatic heterocycles. The maximum absolute atomic E-state index is 13.5. The molecular formula is C12H12ClF2N3O. The van der Waals surface area contributed by atoms with Crippen molar-refractivity contribution < 1.29 is 13.5 Å². The van der Waals surface area contributed by atoms with Gasteiger partial charge in [-0.1, -0.05) is 11.6 Å². The molecule has 2 N–H and O–H groups in total. The fourth-order valence-electron chi connectivity index (χ4n) is 1.64. The molecule has 7 heteroatoms. The Morgan fingerprint density at radius 2 is 2.05 bits per heavy atom. The third-order valence-corrected chi connectivity index (χ3v) is 3.17. The molecule has 0 aliphatic rings. The summed E-state index contributed by atoms with van der Waals surface area (Å²) in [4.78, 5) is 0. The highest BCUT2D eigenvalue weighted by Crippen LogP contribution is 2.26. The summed E-state index contributed by atoms with van der Waals surface area (Å²) in [6.45, 7) is 1.75. The zero-order chi connectivity index (χ0) is 14.2. The molecule has 0 fully saturated rings. The topological polar surface area (TPSA) is 53.1 Å². The second-order valence-corrected chi connectivity index (χ2v) is 4.43. The number of aromatic nitrogens is 2. The second kappa shape index (κ2) is 5.05. The van der Waals surface area contributed by atoms with E-state index in [-0.39, 0.29) is 18.0 Å². The molecule has 1 aromatic carbocycles. The predicted octanol–water partition coefficient (Wildman–Crippen LogP) is 2.82. The minimum atomic E-state index is -0.731. The predicted molar refractivity (Wildman–Crippen MR) is 68.1 cm³/mol. The van der Waals surface area contributed by atoms with Gasteiger partial charge in [-0.15, -0.1) is 0 Å². The number of benzene rings is 1. The minimum Gasteiger partial charge on any atom is -0.486 e. The number of hydrogen-bond donors (Lipinski definition) is 1. The van der Waals surface area contributed by atoms with Crippen LogP contribution in [0.5, 0.6) is 5.75 Å². The highest BCUT2D eigenvalue weighted by atomic mass is 35.5. The lowest BCUT2D eigenvalue weighted by molar-refractivity contribution is 0.288. The Morgan fingerprint density at radius 1 is 1.37 bits per heavy atom. The molecule has 0 unspecified atom stereocenters. The van der Waals surface area contributed by atoms with Gasteiger partial charge in [-0.2, -0.15) is 5.10 Å². The van der Waals surface area contributed by atoms with Crippen LogP contribution in [0.1, 0.15) is 11.3 Å². The highest BCUT2D eigenvalue weighted by molar-refractivity contribution is 6.30. The van der Waals surface area contributed by atoms with Crippen molar-refractivity contribution in [3.05, 3.63) is 40.2 Å². The van der Waals surface area contributed by atoms with Crippen LogP contribution in [0.4, 0.5) is 14.5 Å².